The molecular formula is C26H22BrO2P. The second kappa shape index (κ2) is 9.38. The molecule has 0 saturated heterocycles. The maximum absolute atomic E-state index is 13.0. The van der Waals surface area contributed by atoms with Gasteiger partial charge in [0.25, 0.3) is 0 Å². The zero-order chi connectivity index (χ0) is 20.8. The van der Waals surface area contributed by atoms with Crippen molar-refractivity contribution >= 4 is 45.1 Å². The summed E-state index contributed by atoms with van der Waals surface area (Å²) in [6.45, 7) is 0. The topological polar surface area (TPSA) is 26.3 Å². The van der Waals surface area contributed by atoms with Crippen molar-refractivity contribution in [3.63, 3.8) is 0 Å². The number of esters is 1. The minimum atomic E-state index is -2.75. The predicted octanol–water partition coefficient (Wildman–Crippen LogP) is 5.25. The molecule has 0 heterocycles. The van der Waals surface area contributed by atoms with Crippen LogP contribution in [0.25, 0.3) is 0 Å². The quantitative estimate of drug-likeness (QED) is 0.216. The van der Waals surface area contributed by atoms with Gasteiger partial charge in [-0.05, 0) is 0 Å². The molecule has 0 bridgehead atoms. The Morgan fingerprint density at radius 1 is 0.600 bits per heavy atom. The van der Waals surface area contributed by atoms with Gasteiger partial charge in [-0.1, -0.05) is 0 Å². The molecule has 0 aliphatic carbocycles. The van der Waals surface area contributed by atoms with E-state index in [2.05, 4.69) is 52.3 Å². The molecule has 0 saturated carbocycles. The zero-order valence-electron chi connectivity index (χ0n) is 16.3. The maximum atomic E-state index is 13.0. The monoisotopic (exact) mass is 476 g/mol. The summed E-state index contributed by atoms with van der Waals surface area (Å²) in [5, 5.41) is 3.51. The van der Waals surface area contributed by atoms with Crippen LogP contribution in [-0.2, 0) is 4.74 Å². The second-order valence-electron chi connectivity index (χ2n) is 6.99. The van der Waals surface area contributed by atoms with Crippen molar-refractivity contribution < 1.29 is 9.53 Å². The molecule has 150 valence electrons. The van der Waals surface area contributed by atoms with Crippen molar-refractivity contribution in [2.45, 2.75) is 4.75 Å². The molecular weight excluding hydrogens is 455 g/mol. The Morgan fingerprint density at radius 3 is 1.30 bits per heavy atom. The van der Waals surface area contributed by atoms with Crippen molar-refractivity contribution in [3.05, 3.63) is 127 Å². The molecule has 1 unspecified atom stereocenters. The first-order valence-electron chi connectivity index (χ1n) is 9.79. The van der Waals surface area contributed by atoms with Crippen molar-refractivity contribution in [1.82, 2.24) is 0 Å². The Balaban J connectivity index is 1.89. The van der Waals surface area contributed by atoms with E-state index in [1.54, 1.807) is 12.1 Å². The van der Waals surface area contributed by atoms with Crippen LogP contribution in [0, 0.1) is 0 Å². The van der Waals surface area contributed by atoms with Crippen molar-refractivity contribution in [2.24, 2.45) is 0 Å². The molecule has 0 radical (unpaired) electrons. The summed E-state index contributed by atoms with van der Waals surface area (Å²) >= 11 is 3.83. The zero-order valence-corrected chi connectivity index (χ0v) is 18.9. The van der Waals surface area contributed by atoms with E-state index in [0.29, 0.717) is 5.56 Å². The van der Waals surface area contributed by atoms with E-state index in [0.717, 1.165) is 0 Å². The van der Waals surface area contributed by atoms with Gasteiger partial charge in [0.2, 0.25) is 0 Å². The minimum absolute atomic E-state index is 0.336. The van der Waals surface area contributed by atoms with Crippen LogP contribution in [0.3, 0.4) is 0 Å². The second-order valence-corrected chi connectivity index (χ2v) is 12.5. The Bertz CT molecular complexity index is 990. The van der Waals surface area contributed by atoms with Gasteiger partial charge < -0.3 is 0 Å². The normalized spacial score (nSPS) is 12.7. The van der Waals surface area contributed by atoms with Gasteiger partial charge in [-0.2, -0.15) is 0 Å². The van der Waals surface area contributed by atoms with Crippen LogP contribution in [0.15, 0.2) is 121 Å². The molecule has 0 aliphatic rings. The van der Waals surface area contributed by atoms with Gasteiger partial charge in [0.1, 0.15) is 0 Å². The summed E-state index contributed by atoms with van der Waals surface area (Å²) in [6.07, 6.45) is 0. The first kappa shape index (κ1) is 20.5. The fraction of sp³-hybridized carbons (Fsp3) is 0.0385. The third-order valence-electron chi connectivity index (χ3n) is 5.25. The molecule has 4 rings (SSSR count). The van der Waals surface area contributed by atoms with Gasteiger partial charge in [0, 0.05) is 0 Å². The summed E-state index contributed by atoms with van der Waals surface area (Å²) in [4.78, 5) is 13.0. The first-order valence-corrected chi connectivity index (χ1v) is 12.8. The number of carbonyl (C=O) groups is 1. The molecule has 4 heteroatoms. The van der Waals surface area contributed by atoms with Crippen molar-refractivity contribution in [2.75, 3.05) is 0 Å². The van der Waals surface area contributed by atoms with Gasteiger partial charge in [0.15, 0.2) is 0 Å². The summed E-state index contributed by atoms with van der Waals surface area (Å²) in [5.74, 6) is -0.336. The number of alkyl halides is 1. The third-order valence-corrected chi connectivity index (χ3v) is 12.0. The van der Waals surface area contributed by atoms with E-state index < -0.39 is 12.0 Å². The van der Waals surface area contributed by atoms with Crippen LogP contribution < -0.4 is 15.9 Å². The van der Waals surface area contributed by atoms with Gasteiger partial charge in [-0.15, -0.1) is 0 Å². The summed E-state index contributed by atoms with van der Waals surface area (Å²) in [6, 6.07) is 40.2. The molecule has 0 aromatic heterocycles. The number of carbonyl (C=O) groups excluding carboxylic acids is 1. The SMILES string of the molecule is O=C(OC(Br)[PH](c1ccccc1)(c1ccccc1)c1ccccc1)c1ccccc1. The van der Waals surface area contributed by atoms with Gasteiger partial charge in [0.05, 0.1) is 0 Å². The predicted molar refractivity (Wildman–Crippen MR) is 131 cm³/mol. The van der Waals surface area contributed by atoms with Crippen molar-refractivity contribution in [1.29, 1.82) is 0 Å². The van der Waals surface area contributed by atoms with E-state index in [9.17, 15) is 4.79 Å². The van der Waals surface area contributed by atoms with E-state index in [1.165, 1.54) is 15.9 Å². The van der Waals surface area contributed by atoms with E-state index in [4.69, 9.17) is 4.74 Å². The molecule has 0 amide bonds. The van der Waals surface area contributed by atoms with Gasteiger partial charge >= 0.3 is 186 Å². The van der Waals surface area contributed by atoms with Crippen LogP contribution >= 0.6 is 23.2 Å². The summed E-state index contributed by atoms with van der Waals surface area (Å²) in [7, 11) is -2.75. The average Bonchev–Trinajstić information content (AvgIpc) is 2.82. The molecule has 1 atom stereocenters. The fourth-order valence-corrected chi connectivity index (χ4v) is 10.6. The molecule has 4 aromatic rings. The molecule has 0 spiro atoms. The Hall–Kier alpha value is -2.74. The van der Waals surface area contributed by atoms with Crippen LogP contribution in [0.4, 0.5) is 0 Å². The number of ether oxygens (including phenoxy) is 1. The molecule has 0 fully saturated rings. The number of hydrogen-bond donors (Lipinski definition) is 0. The molecule has 0 aliphatic heterocycles. The van der Waals surface area contributed by atoms with Gasteiger partial charge in [-0.3, -0.25) is 0 Å². The van der Waals surface area contributed by atoms with Crippen LogP contribution in [0.2, 0.25) is 0 Å². The van der Waals surface area contributed by atoms with Gasteiger partial charge in [-0.25, -0.2) is 0 Å². The number of hydrogen-bond acceptors (Lipinski definition) is 2. The van der Waals surface area contributed by atoms with Crippen LogP contribution in [0.1, 0.15) is 10.4 Å². The molecule has 2 nitrogen and oxygen atoms in total. The fourth-order valence-electron chi connectivity index (χ4n) is 3.82. The Kier molecular flexibility index (Phi) is 6.42. The van der Waals surface area contributed by atoms with Crippen LogP contribution in [-0.4, -0.2) is 10.7 Å². The Morgan fingerprint density at radius 2 is 0.933 bits per heavy atom. The van der Waals surface area contributed by atoms with E-state index in [-0.39, 0.29) is 5.97 Å². The third kappa shape index (κ3) is 3.96. The first-order chi connectivity index (χ1) is 14.7. The summed E-state index contributed by atoms with van der Waals surface area (Å²) in [5.41, 5.74) is 0.541. The van der Waals surface area contributed by atoms with E-state index >= 15 is 0 Å². The number of halogens is 1. The average molecular weight is 477 g/mol. The standard InChI is InChI=1S/C26H22BrO2P/c27-26(29-25(28)21-13-5-1-6-14-21)30(22-15-7-2-8-16-22,23-17-9-3-10-18-23)24-19-11-4-12-20-24/h1-20,26,30H. The number of rotatable bonds is 6. The van der Waals surface area contributed by atoms with Crippen molar-refractivity contribution in [3.8, 4) is 0 Å². The van der Waals surface area contributed by atoms with E-state index in [1.807, 2.05) is 72.8 Å². The molecule has 0 N–H and O–H groups in total. The summed E-state index contributed by atoms with van der Waals surface area (Å²) < 4.78 is 5.61. The van der Waals surface area contributed by atoms with Crippen LogP contribution in [0.5, 0.6) is 0 Å². The molecule has 30 heavy (non-hydrogen) atoms. The molecule has 4 aromatic carbocycles. The number of benzene rings is 4. The Labute approximate surface area is 186 Å².